The zero-order chi connectivity index (χ0) is 17.7. The van der Waals surface area contributed by atoms with Crippen molar-refractivity contribution >= 4 is 37.6 Å². The molecule has 0 amide bonds. The minimum Gasteiger partial charge on any atom is -0.464 e. The lowest BCUT2D eigenvalue weighted by Gasteiger charge is -2.39. The number of carbonyl (C=O) groups is 1. The molecule has 0 heterocycles. The van der Waals surface area contributed by atoms with Crippen LogP contribution in [-0.4, -0.2) is 31.7 Å². The van der Waals surface area contributed by atoms with E-state index in [0.717, 1.165) is 4.90 Å². The summed E-state index contributed by atoms with van der Waals surface area (Å²) in [6, 6.07) is 9.77. The number of rotatable bonds is 7. The molecule has 1 aromatic carbocycles. The third-order valence-corrected chi connectivity index (χ3v) is 9.94. The molecule has 0 radical (unpaired) electrons. The van der Waals surface area contributed by atoms with Crippen LogP contribution in [0.4, 0.5) is 0 Å². The molecular formula is C17H27ClO3SSi. The predicted octanol–water partition coefficient (Wildman–Crippen LogP) is 5.30. The van der Waals surface area contributed by atoms with E-state index < -0.39 is 19.1 Å². The lowest BCUT2D eigenvalue weighted by atomic mass is 10.2. The third kappa shape index (κ3) is 6.14. The maximum Gasteiger partial charge on any atom is 0.336 e. The van der Waals surface area contributed by atoms with Gasteiger partial charge < -0.3 is 9.16 Å². The molecule has 2 unspecified atom stereocenters. The maximum atomic E-state index is 12.4. The monoisotopic (exact) mass is 374 g/mol. The van der Waals surface area contributed by atoms with Gasteiger partial charge in [0.2, 0.25) is 0 Å². The zero-order valence-electron chi connectivity index (χ0n) is 14.8. The molecule has 6 heteroatoms. The largest absolute Gasteiger partial charge is 0.464 e. The minimum atomic E-state index is -2.14. The van der Waals surface area contributed by atoms with Crippen molar-refractivity contribution in [1.82, 2.24) is 0 Å². The summed E-state index contributed by atoms with van der Waals surface area (Å²) in [4.78, 5) is 13.4. The second-order valence-electron chi connectivity index (χ2n) is 6.83. The van der Waals surface area contributed by atoms with E-state index in [4.69, 9.17) is 20.8 Å². The van der Waals surface area contributed by atoms with Crippen LogP contribution < -0.4 is 0 Å². The zero-order valence-corrected chi connectivity index (χ0v) is 17.3. The van der Waals surface area contributed by atoms with Crippen molar-refractivity contribution in [3.05, 3.63) is 30.3 Å². The number of hydrogen-bond acceptors (Lipinski definition) is 4. The van der Waals surface area contributed by atoms with Gasteiger partial charge in [-0.15, -0.1) is 23.4 Å². The van der Waals surface area contributed by atoms with Crippen molar-refractivity contribution in [2.75, 3.05) is 6.61 Å². The topological polar surface area (TPSA) is 35.5 Å². The van der Waals surface area contributed by atoms with Crippen LogP contribution >= 0.6 is 23.4 Å². The van der Waals surface area contributed by atoms with Gasteiger partial charge in [0, 0.05) is 4.90 Å². The molecule has 0 saturated carbocycles. The summed E-state index contributed by atoms with van der Waals surface area (Å²) >= 11 is 7.95. The van der Waals surface area contributed by atoms with Crippen molar-refractivity contribution in [1.29, 1.82) is 0 Å². The van der Waals surface area contributed by atoms with Crippen molar-refractivity contribution in [2.24, 2.45) is 0 Å². The quantitative estimate of drug-likeness (QED) is 0.281. The number of hydrogen-bond donors (Lipinski definition) is 0. The predicted molar refractivity (Wildman–Crippen MR) is 101 cm³/mol. The van der Waals surface area contributed by atoms with Gasteiger partial charge in [-0.2, -0.15) is 0 Å². The molecule has 1 aromatic rings. The number of esters is 1. The Morgan fingerprint density at radius 3 is 2.30 bits per heavy atom. The summed E-state index contributed by atoms with van der Waals surface area (Å²) in [5.74, 6) is -0.388. The first kappa shape index (κ1) is 20.6. The first-order chi connectivity index (χ1) is 10.6. The van der Waals surface area contributed by atoms with Gasteiger partial charge >= 0.3 is 5.97 Å². The molecule has 23 heavy (non-hydrogen) atoms. The standard InChI is InChI=1S/C17H27ClO3SSi/c1-7-20-16(19)14(21-23(5,6)17(2,3)4)15(18)22-13-11-9-8-10-12-13/h8-12,14-15H,7H2,1-6H3. The average molecular weight is 375 g/mol. The van der Waals surface area contributed by atoms with Gasteiger partial charge in [-0.3, -0.25) is 0 Å². The summed E-state index contributed by atoms with van der Waals surface area (Å²) in [6.45, 7) is 12.7. The van der Waals surface area contributed by atoms with Crippen LogP contribution in [-0.2, 0) is 14.0 Å². The molecular weight excluding hydrogens is 348 g/mol. The molecule has 0 spiro atoms. The van der Waals surface area contributed by atoms with E-state index >= 15 is 0 Å². The first-order valence-electron chi connectivity index (χ1n) is 7.78. The highest BCUT2D eigenvalue weighted by molar-refractivity contribution is 8.01. The smallest absolute Gasteiger partial charge is 0.336 e. The maximum absolute atomic E-state index is 12.4. The van der Waals surface area contributed by atoms with Crippen molar-refractivity contribution < 1.29 is 14.0 Å². The highest BCUT2D eigenvalue weighted by atomic mass is 35.5. The molecule has 0 N–H and O–H groups in total. The van der Waals surface area contributed by atoms with Gasteiger partial charge in [0.1, 0.15) is 4.71 Å². The van der Waals surface area contributed by atoms with Gasteiger partial charge in [-0.05, 0) is 37.2 Å². The van der Waals surface area contributed by atoms with E-state index in [2.05, 4.69) is 33.9 Å². The Bertz CT molecular complexity index is 502. The van der Waals surface area contributed by atoms with Gasteiger partial charge in [-0.25, -0.2) is 4.79 Å². The number of thioether (sulfide) groups is 1. The fourth-order valence-electron chi connectivity index (χ4n) is 1.62. The Kier molecular flexibility index (Phi) is 7.65. The fourth-order valence-corrected chi connectivity index (χ4v) is 4.35. The molecule has 0 bridgehead atoms. The minimum absolute atomic E-state index is 0.00817. The average Bonchev–Trinajstić information content (AvgIpc) is 2.44. The Balaban J connectivity index is 2.94. The van der Waals surface area contributed by atoms with Crippen molar-refractivity contribution in [2.45, 2.75) is 61.5 Å². The van der Waals surface area contributed by atoms with E-state index in [1.165, 1.54) is 11.8 Å². The Labute approximate surface area is 150 Å². The lowest BCUT2D eigenvalue weighted by molar-refractivity contribution is -0.151. The molecule has 130 valence electrons. The molecule has 2 atom stereocenters. The number of benzene rings is 1. The normalized spacial score (nSPS) is 15.1. The van der Waals surface area contributed by atoms with E-state index in [1.54, 1.807) is 6.92 Å². The first-order valence-corrected chi connectivity index (χ1v) is 12.0. The van der Waals surface area contributed by atoms with Crippen molar-refractivity contribution in [3.63, 3.8) is 0 Å². The third-order valence-electron chi connectivity index (χ3n) is 3.98. The molecule has 3 nitrogen and oxygen atoms in total. The van der Waals surface area contributed by atoms with E-state index in [-0.39, 0.29) is 11.0 Å². The molecule has 0 saturated heterocycles. The van der Waals surface area contributed by atoms with Crippen LogP contribution in [0.5, 0.6) is 0 Å². The molecule has 0 aliphatic heterocycles. The summed E-state index contributed by atoms with van der Waals surface area (Å²) < 4.78 is 10.9. The second kappa shape index (κ2) is 8.56. The summed E-state index contributed by atoms with van der Waals surface area (Å²) in [7, 11) is -2.14. The van der Waals surface area contributed by atoms with Crippen LogP contribution in [0, 0.1) is 0 Å². The van der Waals surface area contributed by atoms with Crippen LogP contribution in [0.1, 0.15) is 27.7 Å². The van der Waals surface area contributed by atoms with Crippen molar-refractivity contribution in [3.8, 4) is 0 Å². The fraction of sp³-hybridized carbons (Fsp3) is 0.588. The SMILES string of the molecule is CCOC(=O)C(O[Si](C)(C)C(C)(C)C)C(Cl)Sc1ccccc1. The highest BCUT2D eigenvalue weighted by Gasteiger charge is 2.43. The number of ether oxygens (including phenoxy) is 1. The summed E-state index contributed by atoms with van der Waals surface area (Å²) in [6.07, 6.45) is -0.775. The van der Waals surface area contributed by atoms with Gasteiger partial charge in [-0.1, -0.05) is 39.0 Å². The Hall–Kier alpha value is -0.493. The van der Waals surface area contributed by atoms with Crippen LogP contribution in [0.25, 0.3) is 0 Å². The lowest BCUT2D eigenvalue weighted by Crippen LogP contribution is -2.48. The van der Waals surface area contributed by atoms with Crippen LogP contribution in [0.3, 0.4) is 0 Å². The number of halogens is 1. The number of alkyl halides is 1. The van der Waals surface area contributed by atoms with Gasteiger partial charge in [0.25, 0.3) is 0 Å². The molecule has 0 aliphatic carbocycles. The van der Waals surface area contributed by atoms with Gasteiger partial charge in [0.05, 0.1) is 6.61 Å². The second-order valence-corrected chi connectivity index (χ2v) is 13.5. The van der Waals surface area contributed by atoms with Gasteiger partial charge in [0.15, 0.2) is 14.4 Å². The van der Waals surface area contributed by atoms with E-state index in [1.807, 2.05) is 30.3 Å². The number of carbonyl (C=O) groups excluding carboxylic acids is 1. The highest BCUT2D eigenvalue weighted by Crippen LogP contribution is 2.40. The Morgan fingerprint density at radius 2 is 1.83 bits per heavy atom. The van der Waals surface area contributed by atoms with Crippen LogP contribution in [0.2, 0.25) is 18.1 Å². The summed E-state index contributed by atoms with van der Waals surface area (Å²) in [5.41, 5.74) is 0. The molecule has 0 aromatic heterocycles. The molecule has 0 fully saturated rings. The summed E-state index contributed by atoms with van der Waals surface area (Å²) in [5, 5.41) is -0.00817. The molecule has 0 aliphatic rings. The van der Waals surface area contributed by atoms with E-state index in [9.17, 15) is 4.79 Å². The Morgan fingerprint density at radius 1 is 1.26 bits per heavy atom. The van der Waals surface area contributed by atoms with Crippen LogP contribution in [0.15, 0.2) is 35.2 Å². The van der Waals surface area contributed by atoms with E-state index in [0.29, 0.717) is 6.61 Å². The molecule has 1 rings (SSSR count).